The summed E-state index contributed by atoms with van der Waals surface area (Å²) in [5.74, 6) is -0.595. The number of thiophene rings is 1. The molecule has 0 fully saturated rings. The second kappa shape index (κ2) is 5.75. The largest absolute Gasteiger partial charge is 0.322 e. The van der Waals surface area contributed by atoms with Crippen molar-refractivity contribution in [3.05, 3.63) is 52.5 Å². The molecule has 1 heterocycles. The molecule has 1 aromatic heterocycles. The lowest BCUT2D eigenvalue weighted by Crippen LogP contribution is -2.35. The van der Waals surface area contributed by atoms with Crippen LogP contribution in [0.2, 0.25) is 0 Å². The van der Waals surface area contributed by atoms with E-state index in [2.05, 4.69) is 0 Å². The third-order valence-electron chi connectivity index (χ3n) is 2.49. The SMILES string of the molecule is NCC(=O)N(Cc1cccs1)c1cccc(F)c1. The van der Waals surface area contributed by atoms with Gasteiger partial charge in [-0.3, -0.25) is 4.79 Å². The first kappa shape index (κ1) is 12.7. The smallest absolute Gasteiger partial charge is 0.241 e. The molecule has 0 bridgehead atoms. The maximum absolute atomic E-state index is 13.2. The van der Waals surface area contributed by atoms with E-state index in [1.807, 2.05) is 17.5 Å². The van der Waals surface area contributed by atoms with Gasteiger partial charge < -0.3 is 10.6 Å². The van der Waals surface area contributed by atoms with E-state index in [1.165, 1.54) is 17.0 Å². The summed E-state index contributed by atoms with van der Waals surface area (Å²) in [6.07, 6.45) is 0. The quantitative estimate of drug-likeness (QED) is 0.921. The van der Waals surface area contributed by atoms with E-state index in [9.17, 15) is 9.18 Å². The fourth-order valence-corrected chi connectivity index (χ4v) is 2.33. The molecule has 2 aromatic rings. The number of amides is 1. The fraction of sp³-hybridized carbons (Fsp3) is 0.154. The van der Waals surface area contributed by atoms with Gasteiger partial charge in [0, 0.05) is 10.6 Å². The van der Waals surface area contributed by atoms with Crippen molar-refractivity contribution in [2.45, 2.75) is 6.54 Å². The summed E-state index contributed by atoms with van der Waals surface area (Å²) in [6.45, 7) is 0.318. The van der Waals surface area contributed by atoms with Gasteiger partial charge in [0.25, 0.3) is 0 Å². The van der Waals surface area contributed by atoms with Crippen LogP contribution < -0.4 is 10.6 Å². The van der Waals surface area contributed by atoms with Gasteiger partial charge in [-0.15, -0.1) is 11.3 Å². The van der Waals surface area contributed by atoms with Crippen molar-refractivity contribution in [1.29, 1.82) is 0 Å². The number of nitrogens with two attached hydrogens (primary N) is 1. The topological polar surface area (TPSA) is 46.3 Å². The number of benzene rings is 1. The molecule has 3 nitrogen and oxygen atoms in total. The summed E-state index contributed by atoms with van der Waals surface area (Å²) in [7, 11) is 0. The van der Waals surface area contributed by atoms with Gasteiger partial charge in [0.05, 0.1) is 13.1 Å². The van der Waals surface area contributed by atoms with Crippen LogP contribution in [0.5, 0.6) is 0 Å². The molecular formula is C13H13FN2OS. The number of nitrogens with zero attached hydrogens (tertiary/aromatic N) is 1. The van der Waals surface area contributed by atoms with Gasteiger partial charge in [-0.05, 0) is 29.6 Å². The minimum atomic E-state index is -0.367. The molecule has 2 N–H and O–H groups in total. The van der Waals surface area contributed by atoms with Crippen molar-refractivity contribution in [2.24, 2.45) is 5.73 Å². The third kappa shape index (κ3) is 2.94. The first-order valence-corrected chi connectivity index (χ1v) is 6.37. The van der Waals surface area contributed by atoms with E-state index in [0.29, 0.717) is 12.2 Å². The van der Waals surface area contributed by atoms with Crippen molar-refractivity contribution in [1.82, 2.24) is 0 Å². The molecule has 0 atom stereocenters. The van der Waals surface area contributed by atoms with Gasteiger partial charge in [0.1, 0.15) is 5.82 Å². The fourth-order valence-electron chi connectivity index (χ4n) is 1.64. The van der Waals surface area contributed by atoms with Crippen molar-refractivity contribution < 1.29 is 9.18 Å². The molecule has 5 heteroatoms. The molecule has 0 radical (unpaired) electrons. The minimum Gasteiger partial charge on any atom is -0.322 e. The first-order valence-electron chi connectivity index (χ1n) is 5.49. The number of hydrogen-bond acceptors (Lipinski definition) is 3. The zero-order chi connectivity index (χ0) is 13.0. The summed E-state index contributed by atoms with van der Waals surface area (Å²) in [4.78, 5) is 14.4. The second-order valence-corrected chi connectivity index (χ2v) is 4.78. The van der Waals surface area contributed by atoms with Crippen LogP contribution >= 0.6 is 11.3 Å². The Labute approximate surface area is 109 Å². The Morgan fingerprint density at radius 2 is 2.17 bits per heavy atom. The maximum atomic E-state index is 13.2. The van der Waals surface area contributed by atoms with E-state index < -0.39 is 0 Å². The Bertz CT molecular complexity index is 528. The van der Waals surface area contributed by atoms with Gasteiger partial charge >= 0.3 is 0 Å². The zero-order valence-electron chi connectivity index (χ0n) is 9.67. The monoisotopic (exact) mass is 264 g/mol. The molecule has 94 valence electrons. The molecule has 0 aliphatic rings. The molecule has 0 unspecified atom stereocenters. The van der Waals surface area contributed by atoms with Crippen LogP contribution in [-0.4, -0.2) is 12.5 Å². The van der Waals surface area contributed by atoms with Crippen LogP contribution in [0.1, 0.15) is 4.88 Å². The van der Waals surface area contributed by atoms with Crippen LogP contribution in [-0.2, 0) is 11.3 Å². The van der Waals surface area contributed by atoms with Crippen LogP contribution in [0, 0.1) is 5.82 Å². The molecule has 1 aromatic carbocycles. The van der Waals surface area contributed by atoms with Gasteiger partial charge in [-0.1, -0.05) is 12.1 Å². The number of halogens is 1. The Morgan fingerprint density at radius 1 is 1.33 bits per heavy atom. The highest BCUT2D eigenvalue weighted by Crippen LogP contribution is 2.20. The minimum absolute atomic E-state index is 0.0953. The lowest BCUT2D eigenvalue weighted by atomic mass is 10.2. The van der Waals surface area contributed by atoms with Gasteiger partial charge in [0.15, 0.2) is 0 Å². The first-order chi connectivity index (χ1) is 8.70. The molecule has 0 saturated carbocycles. The molecule has 0 aliphatic carbocycles. The number of anilines is 1. The van der Waals surface area contributed by atoms with Gasteiger partial charge in [0.2, 0.25) is 5.91 Å². The molecule has 2 rings (SSSR count). The van der Waals surface area contributed by atoms with Crippen LogP contribution in [0.4, 0.5) is 10.1 Å². The summed E-state index contributed by atoms with van der Waals surface area (Å²) >= 11 is 1.55. The Kier molecular flexibility index (Phi) is 4.07. The van der Waals surface area contributed by atoms with Crippen molar-refractivity contribution in [3.63, 3.8) is 0 Å². The molecular weight excluding hydrogens is 251 g/mol. The highest BCUT2D eigenvalue weighted by molar-refractivity contribution is 7.09. The second-order valence-electron chi connectivity index (χ2n) is 3.74. The van der Waals surface area contributed by atoms with Crippen LogP contribution in [0.15, 0.2) is 41.8 Å². The van der Waals surface area contributed by atoms with Crippen LogP contribution in [0.3, 0.4) is 0 Å². The normalized spacial score (nSPS) is 10.3. The van der Waals surface area contributed by atoms with E-state index in [0.717, 1.165) is 4.88 Å². The predicted molar refractivity (Wildman–Crippen MR) is 71.0 cm³/mol. The number of rotatable bonds is 4. The highest BCUT2D eigenvalue weighted by Gasteiger charge is 2.15. The predicted octanol–water partition coefficient (Wildman–Crippen LogP) is 2.38. The maximum Gasteiger partial charge on any atom is 0.241 e. The van der Waals surface area contributed by atoms with E-state index in [1.54, 1.807) is 23.5 Å². The number of carbonyl (C=O) groups excluding carboxylic acids is 1. The molecule has 0 spiro atoms. The summed E-state index contributed by atoms with van der Waals surface area (Å²) in [5, 5.41) is 1.94. The van der Waals surface area contributed by atoms with Crippen molar-refractivity contribution in [2.75, 3.05) is 11.4 Å². The van der Waals surface area contributed by atoms with E-state index >= 15 is 0 Å². The highest BCUT2D eigenvalue weighted by atomic mass is 32.1. The third-order valence-corrected chi connectivity index (χ3v) is 3.35. The van der Waals surface area contributed by atoms with Gasteiger partial charge in [-0.2, -0.15) is 0 Å². The number of hydrogen-bond donors (Lipinski definition) is 1. The molecule has 0 aliphatic heterocycles. The van der Waals surface area contributed by atoms with E-state index in [-0.39, 0.29) is 18.3 Å². The summed E-state index contributed by atoms with van der Waals surface area (Å²) in [6, 6.07) is 9.80. The Balaban J connectivity index is 2.28. The molecule has 1 amide bonds. The summed E-state index contributed by atoms with van der Waals surface area (Å²) < 4.78 is 13.2. The standard InChI is InChI=1S/C13H13FN2OS/c14-10-3-1-4-11(7-10)16(13(17)8-15)9-12-5-2-6-18-12/h1-7H,8-9,15H2. The van der Waals surface area contributed by atoms with Crippen molar-refractivity contribution >= 4 is 22.9 Å². The molecule has 18 heavy (non-hydrogen) atoms. The Hall–Kier alpha value is -1.72. The lowest BCUT2D eigenvalue weighted by Gasteiger charge is -2.21. The average molecular weight is 264 g/mol. The summed E-state index contributed by atoms with van der Waals surface area (Å²) in [5.41, 5.74) is 5.92. The lowest BCUT2D eigenvalue weighted by molar-refractivity contribution is -0.117. The average Bonchev–Trinajstić information content (AvgIpc) is 2.88. The van der Waals surface area contributed by atoms with Crippen LogP contribution in [0.25, 0.3) is 0 Å². The van der Waals surface area contributed by atoms with E-state index in [4.69, 9.17) is 5.73 Å². The van der Waals surface area contributed by atoms with Crippen molar-refractivity contribution in [3.8, 4) is 0 Å². The number of carbonyl (C=O) groups is 1. The molecule has 0 saturated heterocycles. The van der Waals surface area contributed by atoms with Gasteiger partial charge in [-0.25, -0.2) is 4.39 Å². The zero-order valence-corrected chi connectivity index (χ0v) is 10.5. The Morgan fingerprint density at radius 3 is 2.78 bits per heavy atom.